The van der Waals surface area contributed by atoms with Crippen LogP contribution in [0.25, 0.3) is 0 Å². The first-order chi connectivity index (χ1) is 13.4. The summed E-state index contributed by atoms with van der Waals surface area (Å²) in [7, 11) is -0.335. The SMILES string of the molecule is CC1(C)OB(c2ccc(N(C3=CCCC=C3)c3ccccc3)cc2)OC1(C)C. The lowest BCUT2D eigenvalue weighted by molar-refractivity contribution is 0.00578. The van der Waals surface area contributed by atoms with E-state index >= 15 is 0 Å². The molecule has 4 rings (SSSR count). The summed E-state index contributed by atoms with van der Waals surface area (Å²) in [6.07, 6.45) is 8.92. The molecule has 0 N–H and O–H groups in total. The highest BCUT2D eigenvalue weighted by Crippen LogP contribution is 2.37. The van der Waals surface area contributed by atoms with Gasteiger partial charge >= 0.3 is 7.12 Å². The minimum atomic E-state index is -0.335. The topological polar surface area (TPSA) is 21.7 Å². The molecule has 0 bridgehead atoms. The molecular weight excluding hydrogens is 345 g/mol. The van der Waals surface area contributed by atoms with E-state index in [1.165, 1.54) is 5.70 Å². The van der Waals surface area contributed by atoms with Crippen LogP contribution < -0.4 is 10.4 Å². The minimum Gasteiger partial charge on any atom is -0.399 e. The minimum absolute atomic E-state index is 0.329. The van der Waals surface area contributed by atoms with E-state index < -0.39 is 0 Å². The predicted molar refractivity (Wildman–Crippen MR) is 117 cm³/mol. The molecule has 0 radical (unpaired) electrons. The second-order valence-electron chi connectivity index (χ2n) is 8.46. The van der Waals surface area contributed by atoms with Crippen LogP contribution in [-0.4, -0.2) is 18.3 Å². The van der Waals surface area contributed by atoms with Crippen molar-refractivity contribution in [2.24, 2.45) is 0 Å². The Kier molecular flexibility index (Phi) is 4.94. The van der Waals surface area contributed by atoms with Gasteiger partial charge in [0.05, 0.1) is 11.2 Å². The van der Waals surface area contributed by atoms with Crippen molar-refractivity contribution < 1.29 is 9.31 Å². The average Bonchev–Trinajstić information content (AvgIpc) is 2.92. The molecule has 0 saturated carbocycles. The Morgan fingerprint density at radius 3 is 1.96 bits per heavy atom. The van der Waals surface area contributed by atoms with Gasteiger partial charge in [-0.05, 0) is 76.3 Å². The number of benzene rings is 2. The number of anilines is 2. The van der Waals surface area contributed by atoms with Gasteiger partial charge in [0.1, 0.15) is 0 Å². The van der Waals surface area contributed by atoms with E-state index in [1.54, 1.807) is 0 Å². The average molecular weight is 373 g/mol. The van der Waals surface area contributed by atoms with Crippen molar-refractivity contribution >= 4 is 24.0 Å². The summed E-state index contributed by atoms with van der Waals surface area (Å²) in [5.41, 5.74) is 3.88. The van der Waals surface area contributed by atoms with Crippen LogP contribution in [0.1, 0.15) is 40.5 Å². The molecule has 0 unspecified atom stereocenters. The highest BCUT2D eigenvalue weighted by molar-refractivity contribution is 6.62. The van der Waals surface area contributed by atoms with Gasteiger partial charge in [-0.2, -0.15) is 0 Å². The zero-order valence-corrected chi connectivity index (χ0v) is 17.2. The Morgan fingerprint density at radius 1 is 0.786 bits per heavy atom. The molecule has 0 amide bonds. The molecule has 1 aliphatic carbocycles. The summed E-state index contributed by atoms with van der Waals surface area (Å²) in [6.45, 7) is 8.33. The van der Waals surface area contributed by atoms with Crippen LogP contribution in [0.3, 0.4) is 0 Å². The first-order valence-electron chi connectivity index (χ1n) is 10.0. The molecular formula is C24H28BNO2. The second kappa shape index (κ2) is 7.27. The molecule has 1 saturated heterocycles. The van der Waals surface area contributed by atoms with E-state index in [2.05, 4.69) is 99.4 Å². The Hall–Kier alpha value is -2.30. The van der Waals surface area contributed by atoms with E-state index in [1.807, 2.05) is 6.07 Å². The Balaban J connectivity index is 1.64. The summed E-state index contributed by atoms with van der Waals surface area (Å²) >= 11 is 0. The Labute approximate surface area is 168 Å². The third kappa shape index (κ3) is 3.55. The Bertz CT molecular complexity index is 869. The summed E-state index contributed by atoms with van der Waals surface area (Å²) < 4.78 is 12.4. The zero-order valence-electron chi connectivity index (χ0n) is 17.2. The summed E-state index contributed by atoms with van der Waals surface area (Å²) in [5.74, 6) is 0. The van der Waals surface area contributed by atoms with Gasteiger partial charge in [0, 0.05) is 17.1 Å². The lowest BCUT2D eigenvalue weighted by atomic mass is 9.79. The molecule has 1 heterocycles. The normalized spacial score (nSPS) is 20.1. The molecule has 4 heteroatoms. The van der Waals surface area contributed by atoms with Gasteiger partial charge in [0.15, 0.2) is 0 Å². The monoisotopic (exact) mass is 373 g/mol. The molecule has 28 heavy (non-hydrogen) atoms. The number of hydrogen-bond donors (Lipinski definition) is 0. The zero-order chi connectivity index (χ0) is 19.8. The van der Waals surface area contributed by atoms with Crippen molar-refractivity contribution in [3.05, 3.63) is 78.5 Å². The van der Waals surface area contributed by atoms with Crippen molar-refractivity contribution in [2.45, 2.75) is 51.7 Å². The van der Waals surface area contributed by atoms with Crippen LogP contribution in [0.2, 0.25) is 0 Å². The Morgan fingerprint density at radius 2 is 1.39 bits per heavy atom. The lowest BCUT2D eigenvalue weighted by Gasteiger charge is -2.32. The molecule has 0 atom stereocenters. The van der Waals surface area contributed by atoms with E-state index in [0.717, 1.165) is 29.7 Å². The van der Waals surface area contributed by atoms with Gasteiger partial charge in [-0.25, -0.2) is 0 Å². The quantitative estimate of drug-likeness (QED) is 0.674. The standard InChI is InChI=1S/C24H28BNO2/c1-23(2)24(3,4)28-25(27-23)19-15-17-22(18-16-19)26(20-11-7-5-8-12-20)21-13-9-6-10-14-21/h5,7-9,11-18H,6,10H2,1-4H3. The van der Waals surface area contributed by atoms with Gasteiger partial charge in [0.25, 0.3) is 0 Å². The number of nitrogens with zero attached hydrogens (tertiary/aromatic N) is 1. The van der Waals surface area contributed by atoms with Crippen molar-refractivity contribution in [3.8, 4) is 0 Å². The number of rotatable bonds is 4. The number of para-hydroxylation sites is 1. The fourth-order valence-electron chi connectivity index (χ4n) is 3.55. The van der Waals surface area contributed by atoms with E-state index in [0.29, 0.717) is 0 Å². The second-order valence-corrected chi connectivity index (χ2v) is 8.46. The highest BCUT2D eigenvalue weighted by Gasteiger charge is 2.51. The van der Waals surface area contributed by atoms with Gasteiger partial charge in [0.2, 0.25) is 0 Å². The highest BCUT2D eigenvalue weighted by atomic mass is 16.7. The van der Waals surface area contributed by atoms with Crippen LogP contribution in [0.5, 0.6) is 0 Å². The molecule has 2 aliphatic rings. The summed E-state index contributed by atoms with van der Waals surface area (Å²) in [6, 6.07) is 19.0. The molecule has 3 nitrogen and oxygen atoms in total. The first kappa shape index (κ1) is 19.0. The van der Waals surface area contributed by atoms with Gasteiger partial charge in [-0.15, -0.1) is 0 Å². The van der Waals surface area contributed by atoms with E-state index in [4.69, 9.17) is 9.31 Å². The van der Waals surface area contributed by atoms with E-state index in [-0.39, 0.29) is 18.3 Å². The molecule has 144 valence electrons. The van der Waals surface area contributed by atoms with Crippen molar-refractivity contribution in [1.29, 1.82) is 0 Å². The van der Waals surface area contributed by atoms with Gasteiger partial charge in [-0.1, -0.05) is 42.5 Å². The maximum atomic E-state index is 6.19. The van der Waals surface area contributed by atoms with Crippen molar-refractivity contribution in [2.75, 3.05) is 4.90 Å². The molecule has 1 fully saturated rings. The fraction of sp³-hybridized carbons (Fsp3) is 0.333. The van der Waals surface area contributed by atoms with Crippen LogP contribution in [0.4, 0.5) is 11.4 Å². The number of allylic oxidation sites excluding steroid dienone is 3. The van der Waals surface area contributed by atoms with Gasteiger partial charge in [-0.3, -0.25) is 0 Å². The smallest absolute Gasteiger partial charge is 0.399 e. The third-order valence-electron chi connectivity index (χ3n) is 5.92. The fourth-order valence-corrected chi connectivity index (χ4v) is 3.55. The first-order valence-corrected chi connectivity index (χ1v) is 10.0. The van der Waals surface area contributed by atoms with E-state index in [9.17, 15) is 0 Å². The summed E-state index contributed by atoms with van der Waals surface area (Å²) in [4.78, 5) is 2.30. The molecule has 2 aromatic rings. The van der Waals surface area contributed by atoms with Crippen LogP contribution in [0, 0.1) is 0 Å². The molecule has 1 aliphatic heterocycles. The maximum Gasteiger partial charge on any atom is 0.494 e. The largest absolute Gasteiger partial charge is 0.494 e. The van der Waals surface area contributed by atoms with Crippen LogP contribution in [-0.2, 0) is 9.31 Å². The van der Waals surface area contributed by atoms with Gasteiger partial charge < -0.3 is 14.2 Å². The molecule has 0 aromatic heterocycles. The van der Waals surface area contributed by atoms with Crippen LogP contribution >= 0.6 is 0 Å². The van der Waals surface area contributed by atoms with Crippen molar-refractivity contribution in [3.63, 3.8) is 0 Å². The lowest BCUT2D eigenvalue weighted by Crippen LogP contribution is -2.41. The van der Waals surface area contributed by atoms with Crippen molar-refractivity contribution in [1.82, 2.24) is 0 Å². The molecule has 2 aromatic carbocycles. The summed E-state index contributed by atoms with van der Waals surface area (Å²) in [5, 5.41) is 0. The number of hydrogen-bond acceptors (Lipinski definition) is 3. The maximum absolute atomic E-state index is 6.19. The van der Waals surface area contributed by atoms with Crippen LogP contribution in [0.15, 0.2) is 78.5 Å². The molecule has 0 spiro atoms. The third-order valence-corrected chi connectivity index (χ3v) is 5.92. The predicted octanol–water partition coefficient (Wildman–Crippen LogP) is 5.36.